The molecule has 7 nitrogen and oxygen atoms in total. The summed E-state index contributed by atoms with van der Waals surface area (Å²) in [5.41, 5.74) is 0.725. The molecule has 1 aliphatic rings. The summed E-state index contributed by atoms with van der Waals surface area (Å²) < 4.78 is 5.23. The van der Waals surface area contributed by atoms with Crippen molar-refractivity contribution in [2.75, 3.05) is 19.0 Å². The molecule has 0 spiro atoms. The highest BCUT2D eigenvalue weighted by molar-refractivity contribution is 6.40. The van der Waals surface area contributed by atoms with Crippen LogP contribution >= 0.6 is 11.6 Å². The number of aliphatic hydroxyl groups is 1. The maximum Gasteiger partial charge on any atom is 0.313 e. The quantitative estimate of drug-likeness (QED) is 0.667. The monoisotopic (exact) mass is 413 g/mol. The van der Waals surface area contributed by atoms with Crippen molar-refractivity contribution in [2.24, 2.45) is 0 Å². The minimum absolute atomic E-state index is 0.112. The third kappa shape index (κ3) is 4.50. The Balaban J connectivity index is 1.69. The fourth-order valence-electron chi connectivity index (χ4n) is 3.45. The SMILES string of the molecule is COc1ccc2c(c1)CCCC2(O)CNC(=O)C(=O)Nc1cc(Cl)ccc1C#N. The van der Waals surface area contributed by atoms with E-state index in [0.29, 0.717) is 22.8 Å². The van der Waals surface area contributed by atoms with E-state index in [0.717, 1.165) is 18.4 Å². The number of anilines is 1. The molecule has 0 saturated heterocycles. The van der Waals surface area contributed by atoms with Crippen LogP contribution in [0, 0.1) is 11.3 Å². The van der Waals surface area contributed by atoms with Gasteiger partial charge in [-0.25, -0.2) is 0 Å². The van der Waals surface area contributed by atoms with Gasteiger partial charge < -0.3 is 20.5 Å². The predicted octanol–water partition coefficient (Wildman–Crippen LogP) is 2.50. The molecule has 0 saturated carbocycles. The molecular weight excluding hydrogens is 394 g/mol. The second-order valence-corrected chi connectivity index (χ2v) is 7.28. The number of rotatable bonds is 4. The third-order valence-electron chi connectivity index (χ3n) is 4.95. The predicted molar refractivity (Wildman–Crippen MR) is 108 cm³/mol. The topological polar surface area (TPSA) is 111 Å². The highest BCUT2D eigenvalue weighted by Crippen LogP contribution is 2.36. The van der Waals surface area contributed by atoms with Gasteiger partial charge in [0.25, 0.3) is 0 Å². The first-order chi connectivity index (χ1) is 13.9. The fourth-order valence-corrected chi connectivity index (χ4v) is 3.62. The highest BCUT2D eigenvalue weighted by atomic mass is 35.5. The molecule has 0 heterocycles. The number of ether oxygens (including phenoxy) is 1. The van der Waals surface area contributed by atoms with Crippen molar-refractivity contribution >= 4 is 29.1 Å². The van der Waals surface area contributed by atoms with Crippen LogP contribution in [-0.2, 0) is 21.6 Å². The Hall–Kier alpha value is -3.08. The van der Waals surface area contributed by atoms with Crippen molar-refractivity contribution in [1.82, 2.24) is 5.32 Å². The number of nitrogens with one attached hydrogen (secondary N) is 2. The molecule has 3 rings (SSSR count). The number of aryl methyl sites for hydroxylation is 1. The van der Waals surface area contributed by atoms with Gasteiger partial charge in [0.15, 0.2) is 0 Å². The summed E-state index contributed by atoms with van der Waals surface area (Å²) in [6.45, 7) is -0.112. The molecule has 150 valence electrons. The van der Waals surface area contributed by atoms with Crippen LogP contribution in [-0.4, -0.2) is 30.6 Å². The second kappa shape index (κ2) is 8.52. The molecule has 0 radical (unpaired) electrons. The number of fused-ring (bicyclic) bond motifs is 1. The number of hydrogen-bond donors (Lipinski definition) is 3. The minimum Gasteiger partial charge on any atom is -0.497 e. The molecule has 0 aromatic heterocycles. The molecule has 0 bridgehead atoms. The molecule has 2 aromatic carbocycles. The zero-order valence-corrected chi connectivity index (χ0v) is 16.5. The van der Waals surface area contributed by atoms with Gasteiger partial charge in [0.2, 0.25) is 0 Å². The Morgan fingerprint density at radius 1 is 1.28 bits per heavy atom. The van der Waals surface area contributed by atoms with Crippen molar-refractivity contribution < 1.29 is 19.4 Å². The normalized spacial score (nSPS) is 17.6. The standard InChI is InChI=1S/C21H20ClN3O4/c1-29-16-6-7-17-13(9-16)3-2-8-21(17,28)12-24-19(26)20(27)25-18-10-15(22)5-4-14(18)11-23/h4-7,9-10,28H,2-3,8,12H2,1H3,(H,24,26)(H,25,27). The minimum atomic E-state index is -1.27. The number of halogens is 1. The van der Waals surface area contributed by atoms with Gasteiger partial charge in [-0.3, -0.25) is 9.59 Å². The molecule has 3 N–H and O–H groups in total. The molecule has 0 fully saturated rings. The molecule has 8 heteroatoms. The number of nitriles is 1. The van der Waals surface area contributed by atoms with Crippen LogP contribution in [0.1, 0.15) is 29.5 Å². The van der Waals surface area contributed by atoms with Gasteiger partial charge in [-0.05, 0) is 60.7 Å². The van der Waals surface area contributed by atoms with Gasteiger partial charge in [-0.15, -0.1) is 0 Å². The van der Waals surface area contributed by atoms with E-state index in [4.69, 9.17) is 21.6 Å². The van der Waals surface area contributed by atoms with Gasteiger partial charge in [0.05, 0.1) is 24.9 Å². The zero-order valence-electron chi connectivity index (χ0n) is 15.8. The Bertz CT molecular complexity index is 1000. The number of amides is 2. The molecule has 1 aliphatic carbocycles. The number of nitrogens with zero attached hydrogens (tertiary/aromatic N) is 1. The van der Waals surface area contributed by atoms with E-state index in [9.17, 15) is 14.7 Å². The van der Waals surface area contributed by atoms with Crippen molar-refractivity contribution in [2.45, 2.75) is 24.9 Å². The largest absolute Gasteiger partial charge is 0.497 e. The summed E-state index contributed by atoms with van der Waals surface area (Å²) in [5, 5.41) is 25.4. The van der Waals surface area contributed by atoms with Crippen LogP contribution in [0.15, 0.2) is 36.4 Å². The summed E-state index contributed by atoms with van der Waals surface area (Å²) in [4.78, 5) is 24.5. The Labute approximate surface area is 173 Å². The molecule has 0 aliphatic heterocycles. The van der Waals surface area contributed by atoms with Gasteiger partial charge in [0.1, 0.15) is 17.4 Å². The lowest BCUT2D eigenvalue weighted by molar-refractivity contribution is -0.137. The molecular formula is C21H20ClN3O4. The van der Waals surface area contributed by atoms with E-state index in [2.05, 4.69) is 10.6 Å². The van der Waals surface area contributed by atoms with Crippen molar-refractivity contribution in [1.29, 1.82) is 5.26 Å². The van der Waals surface area contributed by atoms with E-state index in [1.807, 2.05) is 12.1 Å². The van der Waals surface area contributed by atoms with Crippen LogP contribution in [0.2, 0.25) is 5.02 Å². The average molecular weight is 414 g/mol. The molecule has 2 aromatic rings. The molecule has 1 atom stereocenters. The molecule has 1 unspecified atom stereocenters. The lowest BCUT2D eigenvalue weighted by Gasteiger charge is -2.34. The van der Waals surface area contributed by atoms with Gasteiger partial charge in [-0.2, -0.15) is 5.26 Å². The van der Waals surface area contributed by atoms with Gasteiger partial charge in [0, 0.05) is 5.02 Å². The van der Waals surface area contributed by atoms with Crippen molar-refractivity contribution in [3.05, 3.63) is 58.1 Å². The number of hydrogen-bond acceptors (Lipinski definition) is 5. The van der Waals surface area contributed by atoms with E-state index in [1.54, 1.807) is 19.2 Å². The number of benzene rings is 2. The van der Waals surface area contributed by atoms with Crippen LogP contribution in [0.3, 0.4) is 0 Å². The summed E-state index contributed by atoms with van der Waals surface area (Å²) >= 11 is 5.88. The zero-order chi connectivity index (χ0) is 21.0. The van der Waals surface area contributed by atoms with Crippen LogP contribution in [0.5, 0.6) is 5.75 Å². The number of methoxy groups -OCH3 is 1. The Kier molecular flexibility index (Phi) is 6.06. The average Bonchev–Trinajstić information content (AvgIpc) is 2.72. The number of carbonyl (C=O) groups excluding carboxylic acids is 2. The fraction of sp³-hybridized carbons (Fsp3) is 0.286. The van der Waals surface area contributed by atoms with E-state index < -0.39 is 17.4 Å². The maximum atomic E-state index is 12.3. The van der Waals surface area contributed by atoms with Gasteiger partial charge >= 0.3 is 11.8 Å². The summed E-state index contributed by atoms with van der Waals surface area (Å²) in [6, 6.07) is 11.7. The molecule has 2 amide bonds. The smallest absolute Gasteiger partial charge is 0.313 e. The van der Waals surface area contributed by atoms with Crippen LogP contribution in [0.4, 0.5) is 5.69 Å². The van der Waals surface area contributed by atoms with Crippen LogP contribution < -0.4 is 15.4 Å². The lowest BCUT2D eigenvalue weighted by Crippen LogP contribution is -2.46. The van der Waals surface area contributed by atoms with Crippen LogP contribution in [0.25, 0.3) is 0 Å². The van der Waals surface area contributed by atoms with E-state index >= 15 is 0 Å². The summed E-state index contributed by atoms with van der Waals surface area (Å²) in [7, 11) is 1.58. The van der Waals surface area contributed by atoms with Crippen molar-refractivity contribution in [3.8, 4) is 11.8 Å². The highest BCUT2D eigenvalue weighted by Gasteiger charge is 2.35. The first-order valence-corrected chi connectivity index (χ1v) is 9.43. The molecule has 29 heavy (non-hydrogen) atoms. The lowest BCUT2D eigenvalue weighted by atomic mass is 9.79. The third-order valence-corrected chi connectivity index (χ3v) is 5.18. The summed E-state index contributed by atoms with van der Waals surface area (Å²) in [5.74, 6) is -1.16. The summed E-state index contributed by atoms with van der Waals surface area (Å²) in [6.07, 6.45) is 2.00. The first-order valence-electron chi connectivity index (χ1n) is 9.05. The Morgan fingerprint density at radius 2 is 2.07 bits per heavy atom. The van der Waals surface area contributed by atoms with Gasteiger partial charge in [-0.1, -0.05) is 17.7 Å². The van der Waals surface area contributed by atoms with E-state index in [-0.39, 0.29) is 17.8 Å². The Morgan fingerprint density at radius 3 is 2.79 bits per heavy atom. The van der Waals surface area contributed by atoms with Crippen molar-refractivity contribution in [3.63, 3.8) is 0 Å². The second-order valence-electron chi connectivity index (χ2n) is 6.85. The number of carbonyl (C=O) groups is 2. The first kappa shape index (κ1) is 20.6. The maximum absolute atomic E-state index is 12.3. The van der Waals surface area contributed by atoms with E-state index in [1.165, 1.54) is 18.2 Å².